The summed E-state index contributed by atoms with van der Waals surface area (Å²) in [6.07, 6.45) is 5.39. The molecule has 4 unspecified atom stereocenters. The van der Waals surface area contributed by atoms with E-state index in [1.165, 1.54) is 25.3 Å². The smallest absolute Gasteiger partial charge is 0.336 e. The Hall–Kier alpha value is -2.05. The topological polar surface area (TPSA) is 85.2 Å². The van der Waals surface area contributed by atoms with Crippen LogP contribution in [-0.4, -0.2) is 35.0 Å². The van der Waals surface area contributed by atoms with Gasteiger partial charge in [-0.15, -0.1) is 0 Å². The first kappa shape index (κ1) is 19.3. The highest BCUT2D eigenvalue weighted by Gasteiger charge is 2.60. The first-order valence-electron chi connectivity index (χ1n) is 9.82. The van der Waals surface area contributed by atoms with Gasteiger partial charge in [0, 0.05) is 18.8 Å². The van der Waals surface area contributed by atoms with Gasteiger partial charge in [0.25, 0.3) is 5.79 Å². The lowest BCUT2D eigenvalue weighted by Gasteiger charge is -2.39. The van der Waals surface area contributed by atoms with Crippen LogP contribution in [0.1, 0.15) is 52.0 Å². The van der Waals surface area contributed by atoms with Gasteiger partial charge in [0.1, 0.15) is 11.5 Å². The van der Waals surface area contributed by atoms with Crippen molar-refractivity contribution in [2.45, 2.75) is 63.9 Å². The van der Waals surface area contributed by atoms with E-state index in [0.717, 1.165) is 19.3 Å². The Morgan fingerprint density at radius 2 is 2.00 bits per heavy atom. The Balaban J connectivity index is 1.59. The molecule has 4 atom stereocenters. The van der Waals surface area contributed by atoms with E-state index < -0.39 is 11.8 Å². The van der Waals surface area contributed by atoms with E-state index in [2.05, 4.69) is 20.8 Å². The fourth-order valence-corrected chi connectivity index (χ4v) is 5.47. The van der Waals surface area contributed by atoms with Gasteiger partial charge in [-0.05, 0) is 62.1 Å². The molecule has 0 spiro atoms. The number of aromatic hydroxyl groups is 2. The molecule has 2 bridgehead atoms. The number of esters is 1. The van der Waals surface area contributed by atoms with Crippen molar-refractivity contribution in [1.82, 2.24) is 0 Å². The molecule has 6 nitrogen and oxygen atoms in total. The van der Waals surface area contributed by atoms with E-state index in [0.29, 0.717) is 17.9 Å². The number of rotatable bonds is 5. The summed E-state index contributed by atoms with van der Waals surface area (Å²) in [7, 11) is 1.41. The number of phenolic OH excluding ortho intramolecular Hbond substituents is 2. The summed E-state index contributed by atoms with van der Waals surface area (Å²) in [6, 6.07) is 4.06. The van der Waals surface area contributed by atoms with Crippen LogP contribution in [0.5, 0.6) is 11.5 Å². The molecule has 1 aromatic rings. The molecule has 4 rings (SSSR count). The van der Waals surface area contributed by atoms with E-state index in [1.807, 2.05) is 0 Å². The van der Waals surface area contributed by atoms with Gasteiger partial charge >= 0.3 is 5.97 Å². The molecule has 0 radical (unpaired) electrons. The fourth-order valence-electron chi connectivity index (χ4n) is 5.47. The molecule has 2 N–H and O–H groups in total. The Morgan fingerprint density at radius 1 is 1.25 bits per heavy atom. The predicted molar refractivity (Wildman–Crippen MR) is 102 cm³/mol. The van der Waals surface area contributed by atoms with E-state index in [9.17, 15) is 15.0 Å². The highest BCUT2D eigenvalue weighted by atomic mass is 16.7. The normalized spacial score (nSPS) is 35.9. The molecule has 0 saturated carbocycles. The molecule has 0 aliphatic carbocycles. The van der Waals surface area contributed by atoms with Crippen molar-refractivity contribution in [3.8, 4) is 11.5 Å². The second-order valence-corrected chi connectivity index (χ2v) is 9.00. The largest absolute Gasteiger partial charge is 0.508 e. The average molecular weight is 388 g/mol. The van der Waals surface area contributed by atoms with Gasteiger partial charge in [-0.3, -0.25) is 0 Å². The van der Waals surface area contributed by atoms with Crippen LogP contribution in [0, 0.1) is 11.3 Å². The summed E-state index contributed by atoms with van der Waals surface area (Å²) in [4.78, 5) is 12.6. The molecule has 6 heteroatoms. The lowest BCUT2D eigenvalue weighted by molar-refractivity contribution is -0.193. The molecule has 0 amide bonds. The Bertz CT molecular complexity index is 839. The van der Waals surface area contributed by atoms with E-state index in [4.69, 9.17) is 14.2 Å². The maximum atomic E-state index is 12.6. The zero-order valence-electron chi connectivity index (χ0n) is 16.8. The SMILES string of the molecule is COC1(c2cc(O)ccc2O)C=C(CCC2C3(C)CCC(O3)C2(C)C)C(=O)O1. The maximum Gasteiger partial charge on any atom is 0.336 e. The molecule has 28 heavy (non-hydrogen) atoms. The summed E-state index contributed by atoms with van der Waals surface area (Å²) in [5.41, 5.74) is 0.650. The van der Waals surface area contributed by atoms with Crippen molar-refractivity contribution < 1.29 is 29.2 Å². The minimum atomic E-state index is -1.53. The van der Waals surface area contributed by atoms with Crippen LogP contribution in [0.2, 0.25) is 0 Å². The summed E-state index contributed by atoms with van der Waals surface area (Å²) >= 11 is 0. The van der Waals surface area contributed by atoms with Gasteiger partial charge in [-0.2, -0.15) is 0 Å². The standard InChI is InChI=1S/C22H28O6/c1-20(2)17(21(3)10-9-18(20)27-21)8-5-13-12-22(26-4,28-19(13)25)15-11-14(23)6-7-16(15)24/h6-7,11-12,17-18,23-24H,5,8-10H2,1-4H3. The zero-order valence-corrected chi connectivity index (χ0v) is 16.8. The number of methoxy groups -OCH3 is 1. The van der Waals surface area contributed by atoms with Gasteiger partial charge in [-0.1, -0.05) is 13.8 Å². The van der Waals surface area contributed by atoms with Crippen molar-refractivity contribution in [3.05, 3.63) is 35.4 Å². The number of cyclic esters (lactones) is 1. The molecule has 1 aromatic carbocycles. The number of ether oxygens (including phenoxy) is 3. The summed E-state index contributed by atoms with van der Waals surface area (Å²) in [5.74, 6) is -1.80. The molecule has 2 fully saturated rings. The number of phenols is 2. The molecule has 2 saturated heterocycles. The minimum Gasteiger partial charge on any atom is -0.508 e. The lowest BCUT2D eigenvalue weighted by Crippen LogP contribution is -2.40. The molecule has 152 valence electrons. The molecule has 3 aliphatic rings. The number of benzene rings is 1. The Labute approximate surface area is 165 Å². The van der Waals surface area contributed by atoms with E-state index in [-0.39, 0.29) is 34.2 Å². The zero-order chi connectivity index (χ0) is 20.3. The molecule has 3 heterocycles. The Morgan fingerprint density at radius 3 is 2.64 bits per heavy atom. The van der Waals surface area contributed by atoms with E-state index in [1.54, 1.807) is 6.08 Å². The van der Waals surface area contributed by atoms with Gasteiger partial charge in [0.2, 0.25) is 0 Å². The van der Waals surface area contributed by atoms with Gasteiger partial charge in [0.15, 0.2) is 0 Å². The van der Waals surface area contributed by atoms with Crippen molar-refractivity contribution >= 4 is 5.97 Å². The van der Waals surface area contributed by atoms with Crippen LogP contribution in [0.4, 0.5) is 0 Å². The quantitative estimate of drug-likeness (QED) is 0.590. The van der Waals surface area contributed by atoms with Crippen LogP contribution in [-0.2, 0) is 24.8 Å². The number of carbonyl (C=O) groups is 1. The predicted octanol–water partition coefficient (Wildman–Crippen LogP) is 3.75. The minimum absolute atomic E-state index is 0.0454. The second kappa shape index (κ2) is 6.22. The number of fused-ring (bicyclic) bond motifs is 2. The lowest BCUT2D eigenvalue weighted by atomic mass is 9.62. The summed E-state index contributed by atoms with van der Waals surface area (Å²) < 4.78 is 17.3. The highest BCUT2D eigenvalue weighted by Crippen LogP contribution is 2.59. The first-order valence-corrected chi connectivity index (χ1v) is 9.82. The maximum absolute atomic E-state index is 12.6. The van der Waals surface area contributed by atoms with Crippen molar-refractivity contribution in [3.63, 3.8) is 0 Å². The van der Waals surface area contributed by atoms with Crippen LogP contribution < -0.4 is 0 Å². The fraction of sp³-hybridized carbons (Fsp3) is 0.591. The van der Waals surface area contributed by atoms with Crippen molar-refractivity contribution in [1.29, 1.82) is 0 Å². The first-order chi connectivity index (χ1) is 13.1. The van der Waals surface area contributed by atoms with Gasteiger partial charge in [-0.25, -0.2) is 4.79 Å². The molecular formula is C22H28O6. The summed E-state index contributed by atoms with van der Waals surface area (Å²) in [5, 5.41) is 20.0. The summed E-state index contributed by atoms with van der Waals surface area (Å²) in [6.45, 7) is 6.68. The molecule has 3 aliphatic heterocycles. The van der Waals surface area contributed by atoms with Crippen molar-refractivity contribution in [2.75, 3.05) is 7.11 Å². The number of hydrogen-bond acceptors (Lipinski definition) is 6. The van der Waals surface area contributed by atoms with Crippen molar-refractivity contribution in [2.24, 2.45) is 11.3 Å². The van der Waals surface area contributed by atoms with E-state index >= 15 is 0 Å². The van der Waals surface area contributed by atoms with Crippen LogP contribution in [0.25, 0.3) is 0 Å². The third-order valence-corrected chi connectivity index (χ3v) is 7.01. The monoisotopic (exact) mass is 388 g/mol. The molecule has 0 aromatic heterocycles. The average Bonchev–Trinajstić information content (AvgIpc) is 3.24. The number of hydrogen-bond donors (Lipinski definition) is 2. The third kappa shape index (κ3) is 2.73. The third-order valence-electron chi connectivity index (χ3n) is 7.01. The van der Waals surface area contributed by atoms with Gasteiger partial charge < -0.3 is 24.4 Å². The Kier molecular flexibility index (Phi) is 4.28. The number of carbonyl (C=O) groups excluding carboxylic acids is 1. The highest BCUT2D eigenvalue weighted by molar-refractivity contribution is 5.91. The molecular weight excluding hydrogens is 360 g/mol. The van der Waals surface area contributed by atoms with Crippen LogP contribution in [0.15, 0.2) is 29.8 Å². The van der Waals surface area contributed by atoms with Crippen LogP contribution >= 0.6 is 0 Å². The van der Waals surface area contributed by atoms with Gasteiger partial charge in [0.05, 0.1) is 17.3 Å². The van der Waals surface area contributed by atoms with Crippen LogP contribution in [0.3, 0.4) is 0 Å². The second-order valence-electron chi connectivity index (χ2n) is 9.00.